The maximum Gasteiger partial charge on any atom is 0.117 e. The highest BCUT2D eigenvalue weighted by atomic mass is 16.3. The smallest absolute Gasteiger partial charge is 0.117 e. The Hall–Kier alpha value is -1.58. The lowest BCUT2D eigenvalue weighted by Crippen LogP contribution is -2.26. The molecule has 0 amide bonds. The van der Waals surface area contributed by atoms with Gasteiger partial charge in [-0.05, 0) is 44.8 Å². The number of rotatable bonds is 8. The van der Waals surface area contributed by atoms with E-state index in [1.165, 1.54) is 12.0 Å². The van der Waals surface area contributed by atoms with Crippen LogP contribution in [0.1, 0.15) is 17.7 Å². The highest BCUT2D eigenvalue weighted by Crippen LogP contribution is 2.11. The molecule has 0 saturated heterocycles. The predicted molar refractivity (Wildman–Crippen MR) is 82.4 cm³/mol. The fourth-order valence-electron chi connectivity index (χ4n) is 2.29. The lowest BCUT2D eigenvalue weighted by atomic mass is 10.2. The van der Waals surface area contributed by atoms with E-state index >= 15 is 0 Å². The summed E-state index contributed by atoms with van der Waals surface area (Å²) >= 11 is 0. The molecule has 20 heavy (non-hydrogen) atoms. The van der Waals surface area contributed by atoms with Crippen LogP contribution in [0.3, 0.4) is 0 Å². The second-order valence-electron chi connectivity index (χ2n) is 5.43. The van der Waals surface area contributed by atoms with Crippen molar-refractivity contribution >= 4 is 0 Å². The van der Waals surface area contributed by atoms with Gasteiger partial charge in [0.1, 0.15) is 5.76 Å². The summed E-state index contributed by atoms with van der Waals surface area (Å²) in [4.78, 5) is 4.67. The van der Waals surface area contributed by atoms with Gasteiger partial charge in [0, 0.05) is 13.1 Å². The molecule has 1 heterocycles. The van der Waals surface area contributed by atoms with Gasteiger partial charge >= 0.3 is 0 Å². The van der Waals surface area contributed by atoms with E-state index in [-0.39, 0.29) is 0 Å². The Bertz CT molecular complexity index is 465. The van der Waals surface area contributed by atoms with Crippen molar-refractivity contribution in [2.24, 2.45) is 0 Å². The average Bonchev–Trinajstić information content (AvgIpc) is 2.92. The normalized spacial score (nSPS) is 11.4. The third-order valence-corrected chi connectivity index (χ3v) is 3.29. The molecule has 0 radical (unpaired) electrons. The summed E-state index contributed by atoms with van der Waals surface area (Å²) in [5.74, 6) is 1.03. The molecule has 0 unspecified atom stereocenters. The standard InChI is InChI=1S/C17H24N2O/c1-18(2)11-7-12-19(15-17-10-6-13-20-17)14-16-8-4-3-5-9-16/h3-6,8-10,13H,7,11-12,14-15H2,1-2H3. The van der Waals surface area contributed by atoms with Crippen LogP contribution in [0.5, 0.6) is 0 Å². The Morgan fingerprint density at radius 2 is 1.70 bits per heavy atom. The second kappa shape index (κ2) is 7.88. The monoisotopic (exact) mass is 272 g/mol. The van der Waals surface area contributed by atoms with Gasteiger partial charge in [-0.15, -0.1) is 0 Å². The largest absolute Gasteiger partial charge is 0.468 e. The number of nitrogens with zero attached hydrogens (tertiary/aromatic N) is 2. The van der Waals surface area contributed by atoms with E-state index in [0.717, 1.165) is 31.9 Å². The first-order valence-corrected chi connectivity index (χ1v) is 7.17. The Balaban J connectivity index is 1.92. The summed E-state index contributed by atoms with van der Waals surface area (Å²) in [5.41, 5.74) is 1.35. The summed E-state index contributed by atoms with van der Waals surface area (Å²) in [6.07, 6.45) is 2.91. The summed E-state index contributed by atoms with van der Waals surface area (Å²) in [6.45, 7) is 4.03. The topological polar surface area (TPSA) is 19.6 Å². The zero-order valence-electron chi connectivity index (χ0n) is 12.5. The first-order chi connectivity index (χ1) is 9.74. The molecule has 108 valence electrons. The Kier molecular flexibility index (Phi) is 5.84. The molecule has 0 spiro atoms. The SMILES string of the molecule is CN(C)CCCN(Cc1ccccc1)Cc1ccco1. The van der Waals surface area contributed by atoms with Gasteiger partial charge in [0.25, 0.3) is 0 Å². The summed E-state index contributed by atoms with van der Waals surface area (Å²) in [6, 6.07) is 14.6. The van der Waals surface area contributed by atoms with Crippen molar-refractivity contribution in [3.8, 4) is 0 Å². The third kappa shape index (κ3) is 5.19. The fourth-order valence-corrected chi connectivity index (χ4v) is 2.29. The van der Waals surface area contributed by atoms with Gasteiger partial charge in [-0.2, -0.15) is 0 Å². The third-order valence-electron chi connectivity index (χ3n) is 3.29. The molecule has 0 aliphatic rings. The van der Waals surface area contributed by atoms with Crippen LogP contribution >= 0.6 is 0 Å². The molecule has 0 aliphatic carbocycles. The van der Waals surface area contributed by atoms with E-state index in [1.807, 2.05) is 12.1 Å². The molecule has 3 nitrogen and oxygen atoms in total. The first kappa shape index (κ1) is 14.8. The molecule has 3 heteroatoms. The molecule has 2 aromatic rings. The quantitative estimate of drug-likeness (QED) is 0.735. The molecule has 0 fully saturated rings. The van der Waals surface area contributed by atoms with Gasteiger partial charge in [0.15, 0.2) is 0 Å². The van der Waals surface area contributed by atoms with Crippen LogP contribution in [-0.4, -0.2) is 37.0 Å². The van der Waals surface area contributed by atoms with E-state index in [1.54, 1.807) is 6.26 Å². The zero-order chi connectivity index (χ0) is 14.2. The van der Waals surface area contributed by atoms with Crippen molar-refractivity contribution in [3.05, 3.63) is 60.1 Å². The Morgan fingerprint density at radius 3 is 2.35 bits per heavy atom. The van der Waals surface area contributed by atoms with Gasteiger partial charge in [-0.25, -0.2) is 0 Å². The van der Waals surface area contributed by atoms with Crippen LogP contribution < -0.4 is 0 Å². The minimum atomic E-state index is 0.870. The van der Waals surface area contributed by atoms with Crippen LogP contribution in [0.2, 0.25) is 0 Å². The molecule has 1 aromatic carbocycles. The van der Waals surface area contributed by atoms with Crippen LogP contribution in [0.4, 0.5) is 0 Å². The maximum absolute atomic E-state index is 5.48. The molecule has 1 aromatic heterocycles. The van der Waals surface area contributed by atoms with Gasteiger partial charge in [0.05, 0.1) is 12.8 Å². The second-order valence-corrected chi connectivity index (χ2v) is 5.43. The Labute approximate surface area is 121 Å². The lowest BCUT2D eigenvalue weighted by Gasteiger charge is -2.22. The minimum Gasteiger partial charge on any atom is -0.468 e. The average molecular weight is 272 g/mol. The highest BCUT2D eigenvalue weighted by Gasteiger charge is 2.08. The molecule has 0 atom stereocenters. The van der Waals surface area contributed by atoms with Crippen molar-refractivity contribution in [1.82, 2.24) is 9.80 Å². The van der Waals surface area contributed by atoms with Crippen molar-refractivity contribution in [2.45, 2.75) is 19.5 Å². The molecule has 0 bridgehead atoms. The van der Waals surface area contributed by atoms with E-state index < -0.39 is 0 Å². The number of hydrogen-bond acceptors (Lipinski definition) is 3. The first-order valence-electron chi connectivity index (χ1n) is 7.17. The van der Waals surface area contributed by atoms with E-state index in [2.05, 4.69) is 54.2 Å². The predicted octanol–water partition coefficient (Wildman–Crippen LogP) is 3.23. The number of furan rings is 1. The molecular formula is C17H24N2O. The van der Waals surface area contributed by atoms with Crippen molar-refractivity contribution in [3.63, 3.8) is 0 Å². The van der Waals surface area contributed by atoms with Gasteiger partial charge in [-0.3, -0.25) is 4.90 Å². The maximum atomic E-state index is 5.48. The van der Waals surface area contributed by atoms with Crippen LogP contribution in [0.25, 0.3) is 0 Å². The summed E-state index contributed by atoms with van der Waals surface area (Å²) in [7, 11) is 4.24. The van der Waals surface area contributed by atoms with E-state index in [9.17, 15) is 0 Å². The van der Waals surface area contributed by atoms with Crippen molar-refractivity contribution in [1.29, 1.82) is 0 Å². The number of benzene rings is 1. The molecule has 0 aliphatic heterocycles. The fraction of sp³-hybridized carbons (Fsp3) is 0.412. The number of hydrogen-bond donors (Lipinski definition) is 0. The lowest BCUT2D eigenvalue weighted by molar-refractivity contribution is 0.222. The van der Waals surface area contributed by atoms with E-state index in [4.69, 9.17) is 4.42 Å². The van der Waals surface area contributed by atoms with E-state index in [0.29, 0.717) is 0 Å². The molecule has 0 saturated carbocycles. The van der Waals surface area contributed by atoms with Crippen molar-refractivity contribution in [2.75, 3.05) is 27.2 Å². The van der Waals surface area contributed by atoms with Gasteiger partial charge < -0.3 is 9.32 Å². The van der Waals surface area contributed by atoms with Crippen LogP contribution in [0, 0.1) is 0 Å². The summed E-state index contributed by atoms with van der Waals surface area (Å²) < 4.78 is 5.48. The Morgan fingerprint density at radius 1 is 0.900 bits per heavy atom. The van der Waals surface area contributed by atoms with Crippen LogP contribution in [-0.2, 0) is 13.1 Å². The van der Waals surface area contributed by atoms with Crippen LogP contribution in [0.15, 0.2) is 53.1 Å². The van der Waals surface area contributed by atoms with Gasteiger partial charge in [0.2, 0.25) is 0 Å². The molecular weight excluding hydrogens is 248 g/mol. The highest BCUT2D eigenvalue weighted by molar-refractivity contribution is 5.14. The molecule has 0 N–H and O–H groups in total. The van der Waals surface area contributed by atoms with Crippen molar-refractivity contribution < 1.29 is 4.42 Å². The summed E-state index contributed by atoms with van der Waals surface area (Å²) in [5, 5.41) is 0. The zero-order valence-corrected chi connectivity index (χ0v) is 12.5. The molecule has 2 rings (SSSR count). The minimum absolute atomic E-state index is 0.870. The van der Waals surface area contributed by atoms with Gasteiger partial charge in [-0.1, -0.05) is 30.3 Å².